The molecule has 0 aliphatic rings. The lowest BCUT2D eigenvalue weighted by Gasteiger charge is -2.23. The average Bonchev–Trinajstić information content (AvgIpc) is 2.57. The first kappa shape index (κ1) is 19.9. The Morgan fingerprint density at radius 3 is 2.23 bits per heavy atom. The lowest BCUT2D eigenvalue weighted by Crippen LogP contribution is -2.36. The van der Waals surface area contributed by atoms with Crippen LogP contribution in [0.15, 0.2) is 54.6 Å². The molecule has 1 N–H and O–H groups in total. The van der Waals surface area contributed by atoms with Crippen LogP contribution < -0.4 is 14.1 Å². The summed E-state index contributed by atoms with van der Waals surface area (Å²) in [4.78, 5) is 12.0. The van der Waals surface area contributed by atoms with Gasteiger partial charge >= 0.3 is 13.7 Å². The Morgan fingerprint density at radius 1 is 1.00 bits per heavy atom. The number of nitrogens with one attached hydrogen (secondary N) is 1. The fraction of sp³-hybridized carbons (Fsp3) is 0.278. The van der Waals surface area contributed by atoms with Crippen molar-refractivity contribution in [3.8, 4) is 11.5 Å². The summed E-state index contributed by atoms with van der Waals surface area (Å²) in [5, 5.41) is 2.49. The van der Waals surface area contributed by atoms with Crippen LogP contribution >= 0.6 is 7.75 Å². The molecule has 0 aliphatic heterocycles. The predicted octanol–water partition coefficient (Wildman–Crippen LogP) is 4.32. The maximum Gasteiger partial charge on any atom is 0.513 e. The van der Waals surface area contributed by atoms with Gasteiger partial charge in [-0.25, -0.2) is 8.96 Å². The van der Waals surface area contributed by atoms with E-state index >= 15 is 0 Å². The van der Waals surface area contributed by atoms with E-state index in [9.17, 15) is 13.8 Å². The molecule has 0 saturated carbocycles. The molecule has 0 aliphatic carbocycles. The lowest BCUT2D eigenvalue weighted by atomic mass is 10.3. The summed E-state index contributed by atoms with van der Waals surface area (Å²) in [7, 11) is -4.13. The van der Waals surface area contributed by atoms with E-state index in [0.717, 1.165) is 0 Å². The number of carbonyl (C=O) groups excluding carboxylic acids is 1. The molecule has 2 atom stereocenters. The molecule has 2 aromatic carbocycles. The van der Waals surface area contributed by atoms with Gasteiger partial charge in [-0.15, -0.1) is 0 Å². The summed E-state index contributed by atoms with van der Waals surface area (Å²) >= 11 is 0. The van der Waals surface area contributed by atoms with Crippen molar-refractivity contribution in [2.24, 2.45) is 0 Å². The molecule has 0 saturated heterocycles. The molecule has 2 aromatic rings. The number of benzene rings is 2. The Bertz CT molecular complexity index is 784. The molecule has 140 valence electrons. The highest BCUT2D eigenvalue weighted by atomic mass is 31.2. The number of carbonyl (C=O) groups is 1. The molecule has 0 bridgehead atoms. The molecule has 8 heteroatoms. The largest absolute Gasteiger partial charge is 0.513 e. The SMILES string of the molecule is CC(C)OC(=O)[C@H](C)NP(=O)(Oc1ccccc1)Oc1ccccc1F. The van der Waals surface area contributed by atoms with Gasteiger partial charge in [0.2, 0.25) is 0 Å². The highest BCUT2D eigenvalue weighted by molar-refractivity contribution is 7.52. The highest BCUT2D eigenvalue weighted by Crippen LogP contribution is 2.45. The number of halogens is 1. The summed E-state index contributed by atoms with van der Waals surface area (Å²) in [6, 6.07) is 12.7. The number of para-hydroxylation sites is 2. The van der Waals surface area contributed by atoms with E-state index in [1.165, 1.54) is 31.2 Å². The Morgan fingerprint density at radius 2 is 1.62 bits per heavy atom. The zero-order valence-corrected chi connectivity index (χ0v) is 15.6. The number of rotatable bonds is 8. The Kier molecular flexibility index (Phi) is 6.77. The van der Waals surface area contributed by atoms with Crippen LogP contribution in [0.1, 0.15) is 20.8 Å². The first-order valence-corrected chi connectivity index (χ1v) is 9.60. The molecule has 2 rings (SSSR count). The fourth-order valence-electron chi connectivity index (χ4n) is 1.96. The van der Waals surface area contributed by atoms with Crippen molar-refractivity contribution in [1.82, 2.24) is 5.09 Å². The smallest absolute Gasteiger partial charge is 0.462 e. The van der Waals surface area contributed by atoms with Crippen molar-refractivity contribution in [3.05, 3.63) is 60.4 Å². The minimum atomic E-state index is -4.13. The molecule has 6 nitrogen and oxygen atoms in total. The number of esters is 1. The third-order valence-corrected chi connectivity index (χ3v) is 4.67. The minimum absolute atomic E-state index is 0.240. The van der Waals surface area contributed by atoms with E-state index in [2.05, 4.69) is 5.09 Å². The zero-order valence-electron chi connectivity index (χ0n) is 14.7. The molecule has 1 unspecified atom stereocenters. The Balaban J connectivity index is 2.24. The van der Waals surface area contributed by atoms with Crippen LogP contribution in [-0.2, 0) is 14.1 Å². The van der Waals surface area contributed by atoms with E-state index in [1.54, 1.807) is 44.2 Å². The van der Waals surface area contributed by atoms with Gasteiger partial charge in [0.25, 0.3) is 0 Å². The molecule has 0 amide bonds. The maximum atomic E-state index is 13.9. The van der Waals surface area contributed by atoms with Gasteiger partial charge in [0.15, 0.2) is 11.6 Å². The van der Waals surface area contributed by atoms with E-state index < -0.39 is 25.6 Å². The van der Waals surface area contributed by atoms with Crippen LogP contribution in [0.5, 0.6) is 11.5 Å². The van der Waals surface area contributed by atoms with Crippen molar-refractivity contribution < 1.29 is 27.5 Å². The summed E-state index contributed by atoms with van der Waals surface area (Å²) < 4.78 is 42.9. The van der Waals surface area contributed by atoms with Gasteiger partial charge in [-0.3, -0.25) is 4.79 Å². The zero-order chi connectivity index (χ0) is 19.2. The number of ether oxygens (including phenoxy) is 1. The van der Waals surface area contributed by atoms with Crippen LogP contribution in [0.25, 0.3) is 0 Å². The van der Waals surface area contributed by atoms with Crippen molar-refractivity contribution >= 4 is 13.7 Å². The molecule has 0 aromatic heterocycles. The van der Waals surface area contributed by atoms with Crippen LogP contribution in [0, 0.1) is 5.82 Å². The van der Waals surface area contributed by atoms with E-state index in [1.807, 2.05) is 0 Å². The lowest BCUT2D eigenvalue weighted by molar-refractivity contribution is -0.149. The highest BCUT2D eigenvalue weighted by Gasteiger charge is 2.34. The second-order valence-corrected chi connectivity index (χ2v) is 7.38. The first-order chi connectivity index (χ1) is 12.3. The molecule has 0 spiro atoms. The van der Waals surface area contributed by atoms with E-state index in [-0.39, 0.29) is 17.6 Å². The molecular formula is C18H21FNO5P. The molecule has 0 heterocycles. The predicted molar refractivity (Wildman–Crippen MR) is 95.5 cm³/mol. The second kappa shape index (κ2) is 8.83. The van der Waals surface area contributed by atoms with Crippen LogP contribution in [0.2, 0.25) is 0 Å². The minimum Gasteiger partial charge on any atom is -0.462 e. The summed E-state index contributed by atoms with van der Waals surface area (Å²) in [6.07, 6.45) is -0.339. The normalized spacial score (nSPS) is 14.3. The van der Waals surface area contributed by atoms with E-state index in [4.69, 9.17) is 13.8 Å². The molecular weight excluding hydrogens is 360 g/mol. The quantitative estimate of drug-likeness (QED) is 0.542. The van der Waals surface area contributed by atoms with Gasteiger partial charge in [-0.05, 0) is 45.0 Å². The average molecular weight is 381 g/mol. The van der Waals surface area contributed by atoms with Gasteiger partial charge in [-0.1, -0.05) is 30.3 Å². The van der Waals surface area contributed by atoms with Crippen LogP contribution in [-0.4, -0.2) is 18.1 Å². The molecule has 26 heavy (non-hydrogen) atoms. The third-order valence-electron chi connectivity index (χ3n) is 3.08. The third kappa shape index (κ3) is 5.86. The monoisotopic (exact) mass is 381 g/mol. The van der Waals surface area contributed by atoms with Crippen molar-refractivity contribution in [1.29, 1.82) is 0 Å². The Hall–Kier alpha value is -2.37. The van der Waals surface area contributed by atoms with Gasteiger partial charge in [-0.2, -0.15) is 5.09 Å². The summed E-state index contributed by atoms with van der Waals surface area (Å²) in [6.45, 7) is 4.84. The van der Waals surface area contributed by atoms with Crippen LogP contribution in [0.4, 0.5) is 4.39 Å². The molecule has 0 fully saturated rings. The van der Waals surface area contributed by atoms with Gasteiger partial charge in [0.1, 0.15) is 11.8 Å². The first-order valence-electron chi connectivity index (χ1n) is 8.06. The van der Waals surface area contributed by atoms with Crippen molar-refractivity contribution in [2.75, 3.05) is 0 Å². The number of hydrogen-bond acceptors (Lipinski definition) is 5. The topological polar surface area (TPSA) is 73.9 Å². The second-order valence-electron chi connectivity index (χ2n) is 5.76. The number of hydrogen-bond donors (Lipinski definition) is 1. The maximum absolute atomic E-state index is 13.9. The standard InChI is InChI=1S/C18H21FNO5P/c1-13(2)23-18(21)14(3)20-26(22,24-15-9-5-4-6-10-15)25-17-12-8-7-11-16(17)19/h4-14H,1-3H3,(H,20,22)/t14-,26?/m0/s1. The summed E-state index contributed by atoms with van der Waals surface area (Å²) in [5.41, 5.74) is 0. The van der Waals surface area contributed by atoms with E-state index in [0.29, 0.717) is 0 Å². The van der Waals surface area contributed by atoms with Crippen molar-refractivity contribution in [3.63, 3.8) is 0 Å². The van der Waals surface area contributed by atoms with Crippen molar-refractivity contribution in [2.45, 2.75) is 32.9 Å². The fourth-order valence-corrected chi connectivity index (χ4v) is 3.49. The molecule has 0 radical (unpaired) electrons. The van der Waals surface area contributed by atoms with Gasteiger partial charge in [0, 0.05) is 0 Å². The Labute approximate surface area is 151 Å². The summed E-state index contributed by atoms with van der Waals surface area (Å²) in [5.74, 6) is -1.36. The van der Waals surface area contributed by atoms with Gasteiger partial charge in [0.05, 0.1) is 6.10 Å². The van der Waals surface area contributed by atoms with Gasteiger partial charge < -0.3 is 13.8 Å². The van der Waals surface area contributed by atoms with Crippen LogP contribution in [0.3, 0.4) is 0 Å².